The lowest BCUT2D eigenvalue weighted by Gasteiger charge is -2.07. The second kappa shape index (κ2) is 5.52. The van der Waals surface area contributed by atoms with Crippen LogP contribution in [-0.4, -0.2) is 17.9 Å². The molecule has 0 fully saturated rings. The molecule has 0 aliphatic heterocycles. The molecule has 3 nitrogen and oxygen atoms in total. The summed E-state index contributed by atoms with van der Waals surface area (Å²) < 4.78 is 30.7. The number of hydrogen-bond donors (Lipinski definition) is 0. The summed E-state index contributed by atoms with van der Waals surface area (Å²) in [5.74, 6) is -3.14. The minimum atomic E-state index is -0.853. The van der Waals surface area contributed by atoms with E-state index < -0.39 is 35.4 Å². The third-order valence-electron chi connectivity index (χ3n) is 1.90. The predicted octanol–water partition coefficient (Wildman–Crippen LogP) is 2.49. The lowest BCUT2D eigenvalue weighted by Crippen LogP contribution is -2.16. The van der Waals surface area contributed by atoms with Gasteiger partial charge < -0.3 is 4.74 Å². The summed E-state index contributed by atoms with van der Waals surface area (Å²) in [4.78, 5) is 22.7. The molecule has 1 rings (SSSR count). The molecule has 0 bridgehead atoms. The van der Waals surface area contributed by atoms with E-state index >= 15 is 0 Å². The number of ketones is 1. The first-order chi connectivity index (χ1) is 7.90. The van der Waals surface area contributed by atoms with Crippen molar-refractivity contribution in [1.29, 1.82) is 0 Å². The number of ether oxygens (including phenoxy) is 1. The van der Waals surface area contributed by atoms with E-state index in [1.54, 1.807) is 13.8 Å². The molecule has 0 aromatic heterocycles. The first-order valence-corrected chi connectivity index (χ1v) is 5.08. The van der Waals surface area contributed by atoms with Crippen LogP contribution in [0.3, 0.4) is 0 Å². The highest BCUT2D eigenvalue weighted by Crippen LogP contribution is 2.12. The zero-order chi connectivity index (χ0) is 13.0. The molecule has 0 aliphatic rings. The molecule has 0 unspecified atom stereocenters. The summed E-state index contributed by atoms with van der Waals surface area (Å²) in [6.45, 7) is 3.26. The molecule has 0 N–H and O–H groups in total. The number of carbonyl (C=O) groups excluding carboxylic acids is 2. The predicted molar refractivity (Wildman–Crippen MR) is 56.5 cm³/mol. The van der Waals surface area contributed by atoms with Gasteiger partial charge in [-0.15, -0.1) is 0 Å². The lowest BCUT2D eigenvalue weighted by atomic mass is 10.1. The Labute approximate surface area is 97.4 Å². The fourth-order valence-corrected chi connectivity index (χ4v) is 1.24. The largest absolute Gasteiger partial charge is 0.463 e. The van der Waals surface area contributed by atoms with Gasteiger partial charge in [0, 0.05) is 0 Å². The summed E-state index contributed by atoms with van der Waals surface area (Å²) >= 11 is 0. The Hall–Kier alpha value is -1.78. The molecule has 17 heavy (non-hydrogen) atoms. The van der Waals surface area contributed by atoms with Crippen LogP contribution in [0, 0.1) is 11.6 Å². The van der Waals surface area contributed by atoms with Gasteiger partial charge in [-0.2, -0.15) is 0 Å². The van der Waals surface area contributed by atoms with Gasteiger partial charge in [0.1, 0.15) is 18.1 Å². The number of carbonyl (C=O) groups is 2. The lowest BCUT2D eigenvalue weighted by molar-refractivity contribution is -0.146. The Morgan fingerprint density at radius 3 is 2.53 bits per heavy atom. The zero-order valence-electron chi connectivity index (χ0n) is 9.50. The highest BCUT2D eigenvalue weighted by Gasteiger charge is 2.18. The molecule has 0 amide bonds. The Morgan fingerprint density at radius 1 is 1.29 bits per heavy atom. The molecule has 0 aliphatic carbocycles. The third kappa shape index (κ3) is 3.94. The average molecular weight is 242 g/mol. The van der Waals surface area contributed by atoms with Crippen LogP contribution in [0.15, 0.2) is 18.2 Å². The number of esters is 1. The van der Waals surface area contributed by atoms with Gasteiger partial charge in [0.2, 0.25) is 0 Å². The molecule has 0 radical (unpaired) electrons. The molecule has 1 aromatic carbocycles. The van der Waals surface area contributed by atoms with Gasteiger partial charge in [0.05, 0.1) is 11.7 Å². The minimum absolute atomic E-state index is 0.354. The smallest absolute Gasteiger partial charge is 0.313 e. The van der Waals surface area contributed by atoms with Crippen molar-refractivity contribution < 1.29 is 23.1 Å². The van der Waals surface area contributed by atoms with Crippen molar-refractivity contribution in [3.63, 3.8) is 0 Å². The molecule has 0 atom stereocenters. The quantitative estimate of drug-likeness (QED) is 0.463. The minimum Gasteiger partial charge on any atom is -0.463 e. The molecule has 0 heterocycles. The number of rotatable bonds is 4. The number of Topliss-reactive ketones (excluding diaryl/α,β-unsaturated/α-hetero) is 1. The first kappa shape index (κ1) is 13.3. The number of halogens is 2. The topological polar surface area (TPSA) is 43.4 Å². The van der Waals surface area contributed by atoms with Crippen LogP contribution in [0.25, 0.3) is 0 Å². The second-order valence-corrected chi connectivity index (χ2v) is 3.76. The molecule has 92 valence electrons. The van der Waals surface area contributed by atoms with E-state index in [1.165, 1.54) is 0 Å². The van der Waals surface area contributed by atoms with E-state index in [2.05, 4.69) is 0 Å². The Balaban J connectivity index is 2.76. The average Bonchev–Trinajstić information content (AvgIpc) is 2.20. The Morgan fingerprint density at radius 2 is 1.94 bits per heavy atom. The molecular formula is C12H12F2O3. The summed E-state index contributed by atoms with van der Waals surface area (Å²) in [6, 6.07) is 2.51. The van der Waals surface area contributed by atoms with Crippen molar-refractivity contribution in [1.82, 2.24) is 0 Å². The zero-order valence-corrected chi connectivity index (χ0v) is 9.50. The summed E-state index contributed by atoms with van der Waals surface area (Å²) in [5.41, 5.74) is -0.439. The van der Waals surface area contributed by atoms with Crippen molar-refractivity contribution in [2.45, 2.75) is 26.4 Å². The van der Waals surface area contributed by atoms with Crippen molar-refractivity contribution in [2.75, 3.05) is 0 Å². The van der Waals surface area contributed by atoms with Crippen molar-refractivity contribution in [2.24, 2.45) is 0 Å². The van der Waals surface area contributed by atoms with E-state index in [1.807, 2.05) is 0 Å². The van der Waals surface area contributed by atoms with E-state index in [4.69, 9.17) is 4.74 Å². The van der Waals surface area contributed by atoms with Gasteiger partial charge in [-0.1, -0.05) is 0 Å². The van der Waals surface area contributed by atoms with Crippen LogP contribution in [0.5, 0.6) is 0 Å². The monoisotopic (exact) mass is 242 g/mol. The van der Waals surface area contributed by atoms with Gasteiger partial charge in [0.25, 0.3) is 0 Å². The maximum absolute atomic E-state index is 13.2. The van der Waals surface area contributed by atoms with Crippen LogP contribution in [-0.2, 0) is 9.53 Å². The molecule has 1 aromatic rings. The molecule has 5 heteroatoms. The van der Waals surface area contributed by atoms with Crippen LogP contribution < -0.4 is 0 Å². The van der Waals surface area contributed by atoms with Crippen LogP contribution >= 0.6 is 0 Å². The van der Waals surface area contributed by atoms with Crippen molar-refractivity contribution >= 4 is 11.8 Å². The highest BCUT2D eigenvalue weighted by molar-refractivity contribution is 6.06. The third-order valence-corrected chi connectivity index (χ3v) is 1.90. The normalized spacial score (nSPS) is 10.4. The fraction of sp³-hybridized carbons (Fsp3) is 0.333. The molecule has 0 spiro atoms. The second-order valence-electron chi connectivity index (χ2n) is 3.76. The van der Waals surface area contributed by atoms with Crippen LogP contribution in [0.4, 0.5) is 8.78 Å². The van der Waals surface area contributed by atoms with E-state index in [0.717, 1.165) is 18.2 Å². The van der Waals surface area contributed by atoms with E-state index in [9.17, 15) is 18.4 Å². The molecule has 0 saturated heterocycles. The van der Waals surface area contributed by atoms with Crippen LogP contribution in [0.2, 0.25) is 0 Å². The fourth-order valence-electron chi connectivity index (χ4n) is 1.24. The van der Waals surface area contributed by atoms with Gasteiger partial charge in [-0.05, 0) is 32.0 Å². The van der Waals surface area contributed by atoms with Gasteiger partial charge in [-0.3, -0.25) is 9.59 Å². The highest BCUT2D eigenvalue weighted by atomic mass is 19.1. The maximum atomic E-state index is 13.2. The maximum Gasteiger partial charge on any atom is 0.313 e. The SMILES string of the molecule is CC(C)OC(=O)CC(=O)c1cc(F)ccc1F. The van der Waals surface area contributed by atoms with Crippen molar-refractivity contribution in [3.05, 3.63) is 35.4 Å². The molecule has 0 saturated carbocycles. The summed E-state index contributed by atoms with van der Waals surface area (Å²) in [6.07, 6.45) is -0.953. The van der Waals surface area contributed by atoms with Gasteiger partial charge in [-0.25, -0.2) is 8.78 Å². The van der Waals surface area contributed by atoms with E-state index in [0.29, 0.717) is 0 Å². The van der Waals surface area contributed by atoms with Crippen molar-refractivity contribution in [3.8, 4) is 0 Å². The van der Waals surface area contributed by atoms with Gasteiger partial charge in [0.15, 0.2) is 5.78 Å². The summed E-state index contributed by atoms with van der Waals surface area (Å²) in [5, 5.41) is 0. The number of benzene rings is 1. The Bertz CT molecular complexity index is 441. The number of hydrogen-bond acceptors (Lipinski definition) is 3. The Kier molecular flexibility index (Phi) is 4.31. The van der Waals surface area contributed by atoms with Crippen LogP contribution in [0.1, 0.15) is 30.6 Å². The first-order valence-electron chi connectivity index (χ1n) is 5.08. The standard InChI is InChI=1S/C12H12F2O3/c1-7(2)17-12(16)6-11(15)9-5-8(13)3-4-10(9)14/h3-5,7H,6H2,1-2H3. The van der Waals surface area contributed by atoms with E-state index in [-0.39, 0.29) is 6.10 Å². The summed E-state index contributed by atoms with van der Waals surface area (Å²) in [7, 11) is 0. The van der Waals surface area contributed by atoms with Gasteiger partial charge >= 0.3 is 5.97 Å². The molecular weight excluding hydrogens is 230 g/mol.